The Morgan fingerprint density at radius 2 is 0.897 bits per heavy atom. The first-order valence-corrected chi connectivity index (χ1v) is 24.1. The lowest BCUT2D eigenvalue weighted by Gasteiger charge is -2.33. The Kier molecular flexibility index (Phi) is 9.62. The molecule has 0 saturated heterocycles. The highest BCUT2D eigenvalue weighted by molar-refractivity contribution is 7.19. The minimum Gasteiger partial charge on any atom is -0.309 e. The molecule has 0 spiro atoms. The highest BCUT2D eigenvalue weighted by Gasteiger charge is 2.46. The summed E-state index contributed by atoms with van der Waals surface area (Å²) in [7, 11) is 0. The van der Waals surface area contributed by atoms with Crippen LogP contribution >= 0.6 is 11.3 Å². The van der Waals surface area contributed by atoms with Crippen molar-refractivity contribution in [1.82, 2.24) is 4.57 Å². The lowest BCUT2D eigenvalue weighted by Crippen LogP contribution is -2.28. The standard InChI is InChI=1S/C65H44N2S/c1-5-19-45(20-6-1)63-39-40-64(68-63)66(52-28-11-4-12-29-52)53-30-18-23-48(42-53)46-21-17-22-47(41-46)49-35-38-62-58(43-49)56-32-14-16-34-61(56)67(62)54-36-37-60-57(44-54)55-31-13-15-33-59(55)65(60,50-24-7-2-8-25-50)51-26-9-3-10-27-51/h1-44H. The number of aromatic nitrogens is 1. The van der Waals surface area contributed by atoms with Crippen molar-refractivity contribution >= 4 is 49.5 Å². The van der Waals surface area contributed by atoms with Crippen LogP contribution in [0.25, 0.3) is 71.3 Å². The van der Waals surface area contributed by atoms with Crippen LogP contribution in [0.1, 0.15) is 22.3 Å². The molecule has 0 unspecified atom stereocenters. The Balaban J connectivity index is 0.895. The molecule has 0 saturated carbocycles. The summed E-state index contributed by atoms with van der Waals surface area (Å²) in [6.45, 7) is 0. The van der Waals surface area contributed by atoms with Gasteiger partial charge >= 0.3 is 0 Å². The number of hydrogen-bond donors (Lipinski definition) is 0. The summed E-state index contributed by atoms with van der Waals surface area (Å²) in [4.78, 5) is 3.62. The average Bonchev–Trinajstić information content (AvgIpc) is 4.12. The molecule has 2 aromatic heterocycles. The first-order valence-electron chi connectivity index (χ1n) is 23.3. The number of rotatable bonds is 9. The molecule has 0 radical (unpaired) electrons. The topological polar surface area (TPSA) is 8.17 Å². The second-order valence-electron chi connectivity index (χ2n) is 17.6. The first-order chi connectivity index (χ1) is 33.7. The van der Waals surface area contributed by atoms with Crippen molar-refractivity contribution in [3.63, 3.8) is 0 Å². The predicted molar refractivity (Wildman–Crippen MR) is 287 cm³/mol. The number of anilines is 3. The monoisotopic (exact) mass is 884 g/mol. The third-order valence-corrected chi connectivity index (χ3v) is 15.0. The van der Waals surface area contributed by atoms with Crippen molar-refractivity contribution < 1.29 is 0 Å². The van der Waals surface area contributed by atoms with Crippen LogP contribution in [0.4, 0.5) is 16.4 Å². The molecule has 0 atom stereocenters. The molecule has 3 heteroatoms. The molecule has 0 bridgehead atoms. The Hall–Kier alpha value is -8.50. The fourth-order valence-electron chi connectivity index (χ4n) is 10.9. The van der Waals surface area contributed by atoms with E-state index in [1.807, 2.05) is 11.3 Å². The zero-order valence-electron chi connectivity index (χ0n) is 37.2. The Morgan fingerprint density at radius 3 is 1.65 bits per heavy atom. The van der Waals surface area contributed by atoms with Crippen molar-refractivity contribution in [1.29, 1.82) is 0 Å². The van der Waals surface area contributed by atoms with E-state index in [0.29, 0.717) is 0 Å². The van der Waals surface area contributed by atoms with Gasteiger partial charge in [0.2, 0.25) is 0 Å². The Bertz CT molecular complexity index is 3750. The SMILES string of the molecule is c1ccc(-c2ccc(N(c3ccccc3)c3cccc(-c4cccc(-c5ccc6c(c5)c5ccccc5n6-c5ccc6c(c5)-c5ccccc5C6(c5ccccc5)c5ccccc5)c4)c3)s2)cc1. The van der Waals surface area contributed by atoms with Crippen LogP contribution in [0.3, 0.4) is 0 Å². The number of nitrogens with zero attached hydrogens (tertiary/aromatic N) is 2. The lowest BCUT2D eigenvalue weighted by atomic mass is 9.68. The molecule has 2 heterocycles. The molecule has 1 aliphatic carbocycles. The highest BCUT2D eigenvalue weighted by Crippen LogP contribution is 2.56. The Labute approximate surface area is 400 Å². The summed E-state index contributed by atoms with van der Waals surface area (Å²) in [6, 6.07) is 97.9. The van der Waals surface area contributed by atoms with E-state index in [1.165, 1.54) is 92.9 Å². The second kappa shape index (κ2) is 16.4. The molecule has 320 valence electrons. The van der Waals surface area contributed by atoms with E-state index in [0.717, 1.165) is 17.1 Å². The van der Waals surface area contributed by atoms with Gasteiger partial charge in [-0.1, -0.05) is 194 Å². The van der Waals surface area contributed by atoms with Gasteiger partial charge in [-0.25, -0.2) is 0 Å². The summed E-state index contributed by atoms with van der Waals surface area (Å²) in [5.41, 5.74) is 19.0. The molecule has 0 aliphatic heterocycles. The van der Waals surface area contributed by atoms with Crippen LogP contribution in [0.5, 0.6) is 0 Å². The van der Waals surface area contributed by atoms with Crippen LogP contribution in [-0.2, 0) is 5.41 Å². The third kappa shape index (κ3) is 6.46. The zero-order chi connectivity index (χ0) is 45.0. The van der Waals surface area contributed by atoms with E-state index in [-0.39, 0.29) is 0 Å². The van der Waals surface area contributed by atoms with Gasteiger partial charge in [-0.05, 0) is 134 Å². The molecule has 1 aliphatic rings. The summed E-state index contributed by atoms with van der Waals surface area (Å²) in [5.74, 6) is 0. The van der Waals surface area contributed by atoms with E-state index in [2.05, 4.69) is 276 Å². The normalized spacial score (nSPS) is 12.5. The van der Waals surface area contributed by atoms with Crippen molar-refractivity contribution in [2.45, 2.75) is 5.41 Å². The molecule has 0 N–H and O–H groups in total. The number of benzene rings is 10. The molecule has 12 aromatic rings. The zero-order valence-corrected chi connectivity index (χ0v) is 38.0. The van der Waals surface area contributed by atoms with Gasteiger partial charge in [-0.3, -0.25) is 0 Å². The third-order valence-electron chi connectivity index (χ3n) is 13.9. The molecular formula is C65H44N2S. The Morgan fingerprint density at radius 1 is 0.338 bits per heavy atom. The lowest BCUT2D eigenvalue weighted by molar-refractivity contribution is 0.768. The number of para-hydroxylation sites is 2. The van der Waals surface area contributed by atoms with E-state index < -0.39 is 5.41 Å². The number of thiophene rings is 1. The van der Waals surface area contributed by atoms with Gasteiger partial charge in [0.05, 0.1) is 16.4 Å². The van der Waals surface area contributed by atoms with E-state index in [1.54, 1.807) is 0 Å². The smallest absolute Gasteiger partial charge is 0.101 e. The second-order valence-corrected chi connectivity index (χ2v) is 18.7. The maximum atomic E-state index is 2.46. The minimum absolute atomic E-state index is 0.434. The van der Waals surface area contributed by atoms with Gasteiger partial charge in [-0.2, -0.15) is 0 Å². The molecular weight excluding hydrogens is 841 g/mol. The predicted octanol–water partition coefficient (Wildman–Crippen LogP) is 17.7. The molecule has 0 fully saturated rings. The summed E-state index contributed by atoms with van der Waals surface area (Å²) >= 11 is 1.81. The maximum absolute atomic E-state index is 2.46. The van der Waals surface area contributed by atoms with E-state index in [9.17, 15) is 0 Å². The van der Waals surface area contributed by atoms with Crippen molar-refractivity contribution in [3.8, 4) is 49.5 Å². The molecule has 13 rings (SSSR count). The van der Waals surface area contributed by atoms with Gasteiger partial charge in [0.1, 0.15) is 5.00 Å². The minimum atomic E-state index is -0.434. The van der Waals surface area contributed by atoms with Gasteiger partial charge < -0.3 is 9.47 Å². The maximum Gasteiger partial charge on any atom is 0.101 e. The fraction of sp³-hybridized carbons (Fsp3) is 0.0154. The summed E-state index contributed by atoms with van der Waals surface area (Å²) < 4.78 is 2.46. The number of hydrogen-bond acceptors (Lipinski definition) is 2. The first kappa shape index (κ1) is 39.8. The van der Waals surface area contributed by atoms with Gasteiger partial charge in [0.15, 0.2) is 0 Å². The van der Waals surface area contributed by atoms with Gasteiger partial charge in [0, 0.05) is 32.7 Å². The van der Waals surface area contributed by atoms with Crippen molar-refractivity contribution in [2.24, 2.45) is 0 Å². The summed E-state index contributed by atoms with van der Waals surface area (Å²) in [6.07, 6.45) is 0. The summed E-state index contributed by atoms with van der Waals surface area (Å²) in [5, 5.41) is 3.64. The van der Waals surface area contributed by atoms with Crippen molar-refractivity contribution in [3.05, 3.63) is 289 Å². The largest absolute Gasteiger partial charge is 0.309 e. The molecule has 0 amide bonds. The molecule has 10 aromatic carbocycles. The molecule has 68 heavy (non-hydrogen) atoms. The quantitative estimate of drug-likeness (QED) is 0.140. The van der Waals surface area contributed by atoms with Crippen molar-refractivity contribution in [2.75, 3.05) is 4.90 Å². The van der Waals surface area contributed by atoms with Crippen LogP contribution in [0, 0.1) is 0 Å². The van der Waals surface area contributed by atoms with Crippen LogP contribution < -0.4 is 4.90 Å². The van der Waals surface area contributed by atoms with E-state index in [4.69, 9.17) is 0 Å². The molecule has 2 nitrogen and oxygen atoms in total. The highest BCUT2D eigenvalue weighted by atomic mass is 32.1. The van der Waals surface area contributed by atoms with E-state index >= 15 is 0 Å². The number of fused-ring (bicyclic) bond motifs is 6. The average molecular weight is 885 g/mol. The van der Waals surface area contributed by atoms with Crippen LogP contribution in [-0.4, -0.2) is 4.57 Å². The van der Waals surface area contributed by atoms with Crippen LogP contribution in [0.2, 0.25) is 0 Å². The fourth-order valence-corrected chi connectivity index (χ4v) is 11.9. The van der Waals surface area contributed by atoms with Gasteiger partial charge in [0.25, 0.3) is 0 Å². The van der Waals surface area contributed by atoms with Crippen LogP contribution in [0.15, 0.2) is 267 Å². The van der Waals surface area contributed by atoms with Gasteiger partial charge in [-0.15, -0.1) is 11.3 Å².